The monoisotopic (exact) mass is 260 g/mol. The Morgan fingerprint density at radius 2 is 1.11 bits per heavy atom. The smallest absolute Gasteiger partial charge is 0.264 e. The molecule has 0 fully saturated rings. The average Bonchev–Trinajstić information content (AvgIpc) is 1.27. The van der Waals surface area contributed by atoms with E-state index in [4.69, 9.17) is 26.7 Å². The van der Waals surface area contributed by atoms with Crippen molar-refractivity contribution in [3.8, 4) is 0 Å². The first-order valence-corrected chi connectivity index (χ1v) is 3.32. The van der Waals surface area contributed by atoms with Crippen LogP contribution in [-0.4, -0.2) is 17.5 Å². The molecule has 0 saturated carbocycles. The molecule has 0 rings (SSSR count). The van der Waals surface area contributed by atoms with Crippen LogP contribution in [0, 0.1) is 0 Å². The standard InChI is InChI=1S/Mo.H2O4S.HO2P/c;1-5(2,3)4;1-3-2/h;(H2,1,2,3,4);3H. The van der Waals surface area contributed by atoms with Gasteiger partial charge in [0.2, 0.25) is 0 Å². The first-order chi connectivity index (χ1) is 3.41. The summed E-state index contributed by atoms with van der Waals surface area (Å²) < 4.78 is 48.4. The van der Waals surface area contributed by atoms with Crippen LogP contribution in [0.5, 0.6) is 0 Å². The molecule has 9 heteroatoms. The van der Waals surface area contributed by atoms with Crippen molar-refractivity contribution in [1.29, 1.82) is 0 Å². The Morgan fingerprint density at radius 3 is 1.11 bits per heavy atom. The van der Waals surface area contributed by atoms with Crippen LogP contribution < -0.4 is 0 Å². The molecule has 0 aliphatic heterocycles. The minimum atomic E-state index is -4.67. The number of hydrogen-bond donors (Lipinski definition) is 2. The molecule has 0 aliphatic rings. The van der Waals surface area contributed by atoms with E-state index in [-0.39, 0.29) is 21.1 Å². The van der Waals surface area contributed by atoms with Crippen LogP contribution >= 0.6 is 8.34 Å². The van der Waals surface area contributed by atoms with Crippen molar-refractivity contribution in [2.45, 2.75) is 0 Å². The van der Waals surface area contributed by atoms with Gasteiger partial charge in [0.25, 0.3) is 0 Å². The van der Waals surface area contributed by atoms with E-state index >= 15 is 0 Å². The van der Waals surface area contributed by atoms with E-state index in [1.165, 1.54) is 0 Å². The minimum Gasteiger partial charge on any atom is -0.264 e. The topological polar surface area (TPSA) is 109 Å². The van der Waals surface area contributed by atoms with Crippen molar-refractivity contribution in [1.82, 2.24) is 0 Å². The molecule has 56 valence electrons. The van der Waals surface area contributed by atoms with Crippen LogP contribution in [0.1, 0.15) is 0 Å². The Morgan fingerprint density at radius 1 is 1.11 bits per heavy atom. The predicted molar refractivity (Wildman–Crippen MR) is 23.9 cm³/mol. The molecule has 0 aromatic heterocycles. The van der Waals surface area contributed by atoms with Crippen LogP contribution in [0.25, 0.3) is 0 Å². The van der Waals surface area contributed by atoms with Crippen molar-refractivity contribution < 1.29 is 47.7 Å². The van der Waals surface area contributed by atoms with Gasteiger partial charge in [0.15, 0.2) is 0 Å². The van der Waals surface area contributed by atoms with E-state index < -0.39 is 18.7 Å². The summed E-state index contributed by atoms with van der Waals surface area (Å²) in [5.74, 6) is 0. The van der Waals surface area contributed by atoms with E-state index in [1.54, 1.807) is 0 Å². The zero-order valence-corrected chi connectivity index (χ0v) is 7.67. The average molecular weight is 258 g/mol. The largest absolute Gasteiger partial charge is 0.394 e. The van der Waals surface area contributed by atoms with E-state index in [1.807, 2.05) is 0 Å². The quantitative estimate of drug-likeness (QED) is 0.350. The summed E-state index contributed by atoms with van der Waals surface area (Å²) in [5.41, 5.74) is 0. The first kappa shape index (κ1) is 16.2. The van der Waals surface area contributed by atoms with Crippen LogP contribution in [-0.2, 0) is 40.6 Å². The molecule has 0 aromatic carbocycles. The molecule has 0 spiro atoms. The van der Waals surface area contributed by atoms with Crippen molar-refractivity contribution >= 4 is 18.7 Å². The Hall–Kier alpha value is 0.458. The molecule has 0 unspecified atom stereocenters. The summed E-state index contributed by atoms with van der Waals surface area (Å²) in [4.78, 5) is 0. The van der Waals surface area contributed by atoms with Crippen molar-refractivity contribution in [3.63, 3.8) is 0 Å². The Balaban J connectivity index is -0.0000000800. The minimum absolute atomic E-state index is 0. The molecule has 0 aliphatic carbocycles. The van der Waals surface area contributed by atoms with E-state index in [9.17, 15) is 0 Å². The third kappa shape index (κ3) is 1680. The van der Waals surface area contributed by atoms with Gasteiger partial charge < -0.3 is 0 Å². The first-order valence-electron chi connectivity index (χ1n) is 1.11. The molecule has 0 amide bonds. The molecule has 2 N–H and O–H groups in total. The fourth-order valence-electron chi connectivity index (χ4n) is 0. The van der Waals surface area contributed by atoms with E-state index in [0.29, 0.717) is 0 Å². The van der Waals surface area contributed by atoms with Gasteiger partial charge in [-0.1, -0.05) is 0 Å². The van der Waals surface area contributed by atoms with Gasteiger partial charge in [-0.05, 0) is 0 Å². The van der Waals surface area contributed by atoms with Crippen LogP contribution in [0.15, 0.2) is 0 Å². The zero-order chi connectivity index (χ0) is 7.21. The third-order valence-corrected chi connectivity index (χ3v) is 0. The predicted octanol–water partition coefficient (Wildman–Crippen LogP) is -0.299. The van der Waals surface area contributed by atoms with Crippen molar-refractivity contribution in [2.75, 3.05) is 0 Å². The van der Waals surface area contributed by atoms with Gasteiger partial charge in [0, 0.05) is 21.1 Å². The van der Waals surface area contributed by atoms with Crippen LogP contribution in [0.4, 0.5) is 0 Å². The fraction of sp³-hybridized carbons (Fsp3) is 0. The second-order valence-corrected chi connectivity index (χ2v) is 1.59. The van der Waals surface area contributed by atoms with Gasteiger partial charge in [-0.2, -0.15) is 8.42 Å². The van der Waals surface area contributed by atoms with Crippen molar-refractivity contribution in [3.05, 3.63) is 0 Å². The molecule has 0 heterocycles. The van der Waals surface area contributed by atoms with Gasteiger partial charge in [-0.15, -0.1) is 0 Å². The molecule has 0 saturated heterocycles. The summed E-state index contributed by atoms with van der Waals surface area (Å²) in [6, 6.07) is 0. The molecule has 0 radical (unpaired) electrons. The Kier molecular flexibility index (Phi) is 15.2. The summed E-state index contributed by atoms with van der Waals surface area (Å²) in [5, 5.41) is 0. The number of rotatable bonds is 0. The van der Waals surface area contributed by atoms with Gasteiger partial charge >= 0.3 is 18.7 Å². The van der Waals surface area contributed by atoms with Gasteiger partial charge in [0.05, 0.1) is 0 Å². The number of hydrogen-bond acceptors (Lipinski definition) is 4. The zero-order valence-electron chi connectivity index (χ0n) is 3.84. The van der Waals surface area contributed by atoms with Crippen LogP contribution in [0.2, 0.25) is 0 Å². The van der Waals surface area contributed by atoms with Gasteiger partial charge in [-0.3, -0.25) is 9.11 Å². The fourth-order valence-corrected chi connectivity index (χ4v) is 0. The Labute approximate surface area is 66.7 Å². The third-order valence-electron chi connectivity index (χ3n) is 0. The summed E-state index contributed by atoms with van der Waals surface area (Å²) in [6.45, 7) is 0. The Bertz CT molecular complexity index is 153. The SMILES string of the molecule is O=S(=O)(O)O.O=[PH]=O.[Mo]. The maximum atomic E-state index is 8.74. The normalized spacial score (nSPS) is 7.78. The molecule has 0 aromatic rings. The second-order valence-electron chi connectivity index (χ2n) is 0.531. The van der Waals surface area contributed by atoms with E-state index in [0.717, 1.165) is 0 Å². The maximum Gasteiger partial charge on any atom is 0.394 e. The van der Waals surface area contributed by atoms with Gasteiger partial charge in [-0.25, -0.2) is 9.13 Å². The maximum absolute atomic E-state index is 8.74. The second kappa shape index (κ2) is 8.46. The summed E-state index contributed by atoms with van der Waals surface area (Å²) in [6.07, 6.45) is 0. The summed E-state index contributed by atoms with van der Waals surface area (Å²) >= 11 is 0. The van der Waals surface area contributed by atoms with E-state index in [2.05, 4.69) is 0 Å². The van der Waals surface area contributed by atoms with Gasteiger partial charge in [0.1, 0.15) is 0 Å². The molecule has 0 atom stereocenters. The molecule has 0 bridgehead atoms. The molecule has 6 nitrogen and oxygen atoms in total. The molecular formula is H3MoO6PS. The summed E-state index contributed by atoms with van der Waals surface area (Å²) in [7, 11) is -6.08. The molecule has 9 heavy (non-hydrogen) atoms. The van der Waals surface area contributed by atoms with Crippen molar-refractivity contribution in [2.24, 2.45) is 0 Å². The van der Waals surface area contributed by atoms with Crippen LogP contribution in [0.3, 0.4) is 0 Å². The molecular weight excluding hydrogens is 255 g/mol.